The first-order chi connectivity index (χ1) is 24.5. The molecule has 0 aromatic carbocycles. The van der Waals surface area contributed by atoms with Gasteiger partial charge in [-0.05, 0) is 105 Å². The zero-order chi connectivity index (χ0) is 36.2. The second-order valence-electron chi connectivity index (χ2n) is 15.5. The smallest absolute Gasteiger partial charge is 0.168 e. The summed E-state index contributed by atoms with van der Waals surface area (Å²) in [6.45, 7) is 8.59. The molecule has 1 atom stereocenters. The molecule has 0 bridgehead atoms. The molecule has 4 heteroatoms. The standard InChI is InChI=1S/C46H86N2O2/c1-6-8-10-12-14-16-18-20-22-24-26-28-30-32-34-36-39-46(49-44-45(50-46)38-41-48(5)43-42-47(3)4)40-37-35-33-31-29-27-25-23-21-19-17-15-13-11-9-7-2/h14-17,20-23,45H,6-13,18-19,24-44H2,1-5H3. The SMILES string of the molecule is CCCCCC=CCC=CCCCCCCCCC1(CCCCCCCCC=CCC=CCCCCC)OCC(CCN(C)CCN(C)C)O1. The first-order valence-electron chi connectivity index (χ1n) is 21.8. The van der Waals surface area contributed by atoms with Gasteiger partial charge in [0.05, 0.1) is 12.7 Å². The van der Waals surface area contributed by atoms with Crippen molar-refractivity contribution in [3.63, 3.8) is 0 Å². The topological polar surface area (TPSA) is 24.9 Å². The van der Waals surface area contributed by atoms with Gasteiger partial charge in [-0.15, -0.1) is 0 Å². The highest BCUT2D eigenvalue weighted by molar-refractivity contribution is 4.93. The summed E-state index contributed by atoms with van der Waals surface area (Å²) in [5, 5.41) is 0. The van der Waals surface area contributed by atoms with Crippen molar-refractivity contribution in [2.75, 3.05) is 47.4 Å². The number of rotatable bonds is 36. The first-order valence-corrected chi connectivity index (χ1v) is 21.8. The van der Waals surface area contributed by atoms with Gasteiger partial charge >= 0.3 is 0 Å². The van der Waals surface area contributed by atoms with Crippen LogP contribution in [-0.2, 0) is 9.47 Å². The Kier molecular flexibility index (Phi) is 32.6. The summed E-state index contributed by atoms with van der Waals surface area (Å²) in [6.07, 6.45) is 53.2. The molecule has 1 fully saturated rings. The average Bonchev–Trinajstić information content (AvgIpc) is 3.52. The lowest BCUT2D eigenvalue weighted by atomic mass is 9.98. The molecule has 0 N–H and O–H groups in total. The van der Waals surface area contributed by atoms with Crippen LogP contribution in [0.2, 0.25) is 0 Å². The van der Waals surface area contributed by atoms with Gasteiger partial charge in [0.2, 0.25) is 0 Å². The van der Waals surface area contributed by atoms with Gasteiger partial charge < -0.3 is 19.3 Å². The van der Waals surface area contributed by atoms with Crippen LogP contribution in [0.5, 0.6) is 0 Å². The van der Waals surface area contributed by atoms with Crippen molar-refractivity contribution in [3.8, 4) is 0 Å². The predicted octanol–water partition coefficient (Wildman–Crippen LogP) is 13.4. The maximum atomic E-state index is 6.79. The third-order valence-electron chi connectivity index (χ3n) is 10.2. The summed E-state index contributed by atoms with van der Waals surface area (Å²) in [5.41, 5.74) is 0. The van der Waals surface area contributed by atoms with Gasteiger partial charge in [-0.3, -0.25) is 0 Å². The minimum atomic E-state index is -0.336. The molecule has 0 aromatic rings. The summed E-state index contributed by atoms with van der Waals surface area (Å²) in [4.78, 5) is 4.70. The van der Waals surface area contributed by atoms with Crippen LogP contribution in [0.1, 0.15) is 187 Å². The van der Waals surface area contributed by atoms with E-state index in [2.05, 4.69) is 93.4 Å². The van der Waals surface area contributed by atoms with Gasteiger partial charge in [-0.2, -0.15) is 0 Å². The molecule has 0 saturated carbocycles. The number of unbranched alkanes of at least 4 members (excludes halogenated alkanes) is 18. The van der Waals surface area contributed by atoms with Gasteiger partial charge in [-0.1, -0.05) is 140 Å². The largest absolute Gasteiger partial charge is 0.347 e. The molecular weight excluding hydrogens is 613 g/mol. The number of nitrogens with zero attached hydrogens (tertiary/aromatic N) is 2. The lowest BCUT2D eigenvalue weighted by Crippen LogP contribution is -2.33. The van der Waals surface area contributed by atoms with Crippen LogP contribution in [0, 0.1) is 0 Å². The maximum Gasteiger partial charge on any atom is 0.168 e. The minimum absolute atomic E-state index is 0.242. The molecule has 0 aliphatic carbocycles. The highest BCUT2D eigenvalue weighted by Crippen LogP contribution is 2.35. The Bertz CT molecular complexity index is 784. The molecule has 4 nitrogen and oxygen atoms in total. The Morgan fingerprint density at radius 2 is 0.920 bits per heavy atom. The van der Waals surface area contributed by atoms with Crippen LogP contribution in [0.15, 0.2) is 48.6 Å². The summed E-state index contributed by atoms with van der Waals surface area (Å²) >= 11 is 0. The van der Waals surface area contributed by atoms with Crippen LogP contribution in [0.25, 0.3) is 0 Å². The Hall–Kier alpha value is -1.20. The summed E-state index contributed by atoms with van der Waals surface area (Å²) in [7, 11) is 6.54. The van der Waals surface area contributed by atoms with E-state index in [1.807, 2.05) is 0 Å². The normalized spacial score (nSPS) is 18.6. The van der Waals surface area contributed by atoms with Crippen LogP contribution in [-0.4, -0.2) is 69.1 Å². The molecule has 0 aromatic heterocycles. The Morgan fingerprint density at radius 3 is 1.36 bits per heavy atom. The second kappa shape index (κ2) is 34.9. The quantitative estimate of drug-likeness (QED) is 0.0480. The molecular formula is C46H86N2O2. The lowest BCUT2D eigenvalue weighted by Gasteiger charge is -2.29. The fourth-order valence-electron chi connectivity index (χ4n) is 6.76. The first kappa shape index (κ1) is 46.8. The molecule has 1 aliphatic heterocycles. The molecule has 1 saturated heterocycles. The van der Waals surface area contributed by atoms with Crippen molar-refractivity contribution < 1.29 is 9.47 Å². The van der Waals surface area contributed by atoms with E-state index < -0.39 is 0 Å². The van der Waals surface area contributed by atoms with Crippen molar-refractivity contribution in [2.24, 2.45) is 0 Å². The third kappa shape index (κ3) is 29.4. The molecule has 1 rings (SSSR count). The minimum Gasteiger partial charge on any atom is -0.347 e. The van der Waals surface area contributed by atoms with Crippen molar-refractivity contribution in [1.82, 2.24) is 9.80 Å². The van der Waals surface area contributed by atoms with Crippen LogP contribution in [0.4, 0.5) is 0 Å². The molecule has 1 aliphatic rings. The van der Waals surface area contributed by atoms with E-state index in [0.29, 0.717) is 0 Å². The van der Waals surface area contributed by atoms with E-state index in [1.165, 1.54) is 141 Å². The van der Waals surface area contributed by atoms with Gasteiger partial charge in [0.25, 0.3) is 0 Å². The van der Waals surface area contributed by atoms with Gasteiger partial charge in [-0.25, -0.2) is 0 Å². The van der Waals surface area contributed by atoms with Gasteiger partial charge in [0.1, 0.15) is 0 Å². The maximum absolute atomic E-state index is 6.79. The number of hydrogen-bond acceptors (Lipinski definition) is 4. The molecule has 0 spiro atoms. The predicted molar refractivity (Wildman–Crippen MR) is 222 cm³/mol. The highest BCUT2D eigenvalue weighted by atomic mass is 16.7. The fourth-order valence-corrected chi connectivity index (χ4v) is 6.76. The van der Waals surface area contributed by atoms with Gasteiger partial charge in [0, 0.05) is 32.5 Å². The highest BCUT2D eigenvalue weighted by Gasteiger charge is 2.40. The van der Waals surface area contributed by atoms with Crippen molar-refractivity contribution in [3.05, 3.63) is 48.6 Å². The average molecular weight is 699 g/mol. The van der Waals surface area contributed by atoms with Crippen LogP contribution < -0.4 is 0 Å². The molecule has 1 heterocycles. The summed E-state index contributed by atoms with van der Waals surface area (Å²) < 4.78 is 13.3. The van der Waals surface area contributed by atoms with E-state index in [1.54, 1.807) is 0 Å². The van der Waals surface area contributed by atoms with E-state index in [4.69, 9.17) is 9.47 Å². The summed E-state index contributed by atoms with van der Waals surface area (Å²) in [5.74, 6) is -0.336. The van der Waals surface area contributed by atoms with E-state index in [9.17, 15) is 0 Å². The fraction of sp³-hybridized carbons (Fsp3) is 0.826. The monoisotopic (exact) mass is 699 g/mol. The lowest BCUT2D eigenvalue weighted by molar-refractivity contribution is -0.180. The number of allylic oxidation sites excluding steroid dienone is 8. The van der Waals surface area contributed by atoms with Crippen molar-refractivity contribution >= 4 is 0 Å². The zero-order valence-electron chi connectivity index (χ0n) is 34.3. The van der Waals surface area contributed by atoms with E-state index in [-0.39, 0.29) is 11.9 Å². The Labute approximate surface area is 313 Å². The summed E-state index contributed by atoms with van der Waals surface area (Å²) in [6, 6.07) is 0. The Balaban J connectivity index is 2.27. The molecule has 1 unspecified atom stereocenters. The Morgan fingerprint density at radius 1 is 0.500 bits per heavy atom. The van der Waals surface area contributed by atoms with E-state index >= 15 is 0 Å². The van der Waals surface area contributed by atoms with Crippen LogP contribution >= 0.6 is 0 Å². The molecule has 0 radical (unpaired) electrons. The van der Waals surface area contributed by atoms with Crippen molar-refractivity contribution in [2.45, 2.75) is 199 Å². The van der Waals surface area contributed by atoms with E-state index in [0.717, 1.165) is 58.3 Å². The van der Waals surface area contributed by atoms with Gasteiger partial charge in [0.15, 0.2) is 5.79 Å². The zero-order valence-corrected chi connectivity index (χ0v) is 34.3. The molecule has 50 heavy (non-hydrogen) atoms. The second-order valence-corrected chi connectivity index (χ2v) is 15.5. The van der Waals surface area contributed by atoms with Crippen LogP contribution in [0.3, 0.4) is 0 Å². The number of likely N-dealkylation sites (N-methyl/N-ethyl adjacent to an activating group) is 2. The third-order valence-corrected chi connectivity index (χ3v) is 10.2. The van der Waals surface area contributed by atoms with Crippen molar-refractivity contribution in [1.29, 1.82) is 0 Å². The number of ether oxygens (including phenoxy) is 2. The molecule has 0 amide bonds. The molecule has 292 valence electrons. The number of hydrogen-bond donors (Lipinski definition) is 0.